The number of esters is 1. The Kier molecular flexibility index (Phi) is 7.35. The van der Waals surface area contributed by atoms with Gasteiger partial charge in [-0.05, 0) is 93.8 Å². The molecule has 0 N–H and O–H groups in total. The summed E-state index contributed by atoms with van der Waals surface area (Å²) in [6.45, 7) is 14.7. The van der Waals surface area contributed by atoms with Crippen molar-refractivity contribution in [3.63, 3.8) is 0 Å². The van der Waals surface area contributed by atoms with Gasteiger partial charge in [0.2, 0.25) is 0 Å². The van der Waals surface area contributed by atoms with E-state index >= 15 is 0 Å². The molecule has 232 valence electrons. The number of ether oxygens (including phenoxy) is 2. The first-order chi connectivity index (χ1) is 22.2. The maximum Gasteiger partial charge on any atom is 0.340 e. The van der Waals surface area contributed by atoms with Gasteiger partial charge < -0.3 is 19.3 Å². The van der Waals surface area contributed by atoms with Crippen molar-refractivity contribution in [1.82, 2.24) is 0 Å². The SMILES string of the molecule is CCN(CC)c1ccc2c(c1)Oc1cc(C(C)C)c(N(c3ccc(C)cc3)c3ccc(C)cc3)cc1C21OC(=O)c2ccccc21. The Morgan fingerprint density at radius 3 is 1.87 bits per heavy atom. The summed E-state index contributed by atoms with van der Waals surface area (Å²) in [5.74, 6) is 1.26. The first-order valence-corrected chi connectivity index (χ1v) is 16.3. The van der Waals surface area contributed by atoms with Crippen molar-refractivity contribution in [1.29, 1.82) is 0 Å². The van der Waals surface area contributed by atoms with Gasteiger partial charge in [-0.25, -0.2) is 4.79 Å². The first kappa shape index (κ1) is 29.7. The highest BCUT2D eigenvalue weighted by Crippen LogP contribution is 2.58. The molecule has 5 nitrogen and oxygen atoms in total. The summed E-state index contributed by atoms with van der Waals surface area (Å²) in [6, 6.07) is 35.7. The lowest BCUT2D eigenvalue weighted by Gasteiger charge is -2.39. The Morgan fingerprint density at radius 2 is 1.26 bits per heavy atom. The smallest absolute Gasteiger partial charge is 0.340 e. The third-order valence-corrected chi connectivity index (χ3v) is 9.42. The fourth-order valence-electron chi connectivity index (χ4n) is 6.97. The fraction of sp³-hybridized carbons (Fsp3) is 0.244. The van der Waals surface area contributed by atoms with Crippen LogP contribution in [-0.4, -0.2) is 19.1 Å². The van der Waals surface area contributed by atoms with E-state index in [0.717, 1.165) is 58.1 Å². The molecule has 5 heteroatoms. The molecule has 46 heavy (non-hydrogen) atoms. The van der Waals surface area contributed by atoms with Gasteiger partial charge in [0.25, 0.3) is 0 Å². The molecule has 2 aliphatic heterocycles. The van der Waals surface area contributed by atoms with Crippen LogP contribution in [0.2, 0.25) is 0 Å². The molecule has 0 radical (unpaired) electrons. The van der Waals surface area contributed by atoms with Gasteiger partial charge in [-0.3, -0.25) is 0 Å². The number of hydrogen-bond acceptors (Lipinski definition) is 5. The lowest BCUT2D eigenvalue weighted by Crippen LogP contribution is -2.34. The second kappa shape index (κ2) is 11.4. The van der Waals surface area contributed by atoms with Gasteiger partial charge in [0.05, 0.1) is 11.3 Å². The van der Waals surface area contributed by atoms with Crippen molar-refractivity contribution in [2.45, 2.75) is 53.1 Å². The molecule has 0 aliphatic carbocycles. The van der Waals surface area contributed by atoms with Crippen molar-refractivity contribution in [3.8, 4) is 11.5 Å². The Bertz CT molecular complexity index is 1900. The van der Waals surface area contributed by atoms with Crippen LogP contribution in [0.25, 0.3) is 0 Å². The highest BCUT2D eigenvalue weighted by atomic mass is 16.6. The molecule has 2 aliphatic rings. The predicted molar refractivity (Wildman–Crippen MR) is 187 cm³/mol. The average Bonchev–Trinajstić information content (AvgIpc) is 3.36. The van der Waals surface area contributed by atoms with Crippen LogP contribution >= 0.6 is 0 Å². The van der Waals surface area contributed by atoms with E-state index in [-0.39, 0.29) is 11.9 Å². The van der Waals surface area contributed by atoms with E-state index in [2.05, 4.69) is 130 Å². The van der Waals surface area contributed by atoms with Crippen molar-refractivity contribution < 1.29 is 14.3 Å². The zero-order valence-electron chi connectivity index (χ0n) is 27.4. The Balaban J connectivity index is 1.53. The standard InChI is InChI=1S/C41H40N2O3/c1-7-42(8-2)31-21-22-35-38(23-31)45-39-24-33(26(3)4)37(25-36(39)41(35)34-12-10-9-11-32(34)40(44)46-41)43(29-17-13-27(5)14-18-29)30-19-15-28(6)16-20-30/h9-26H,7-8H2,1-6H3. The summed E-state index contributed by atoms with van der Waals surface area (Å²) in [5.41, 5.74) is 9.63. The molecule has 5 aromatic carbocycles. The molecule has 0 bridgehead atoms. The molecular formula is C41H40N2O3. The molecule has 1 spiro atoms. The molecule has 0 saturated carbocycles. The van der Waals surface area contributed by atoms with Crippen LogP contribution in [0.1, 0.15) is 77.4 Å². The Morgan fingerprint density at radius 1 is 0.674 bits per heavy atom. The van der Waals surface area contributed by atoms with E-state index in [1.54, 1.807) is 0 Å². The zero-order valence-corrected chi connectivity index (χ0v) is 27.4. The molecule has 0 amide bonds. The number of anilines is 4. The molecule has 0 aromatic heterocycles. The molecule has 1 unspecified atom stereocenters. The third kappa shape index (κ3) is 4.65. The van der Waals surface area contributed by atoms with Gasteiger partial charge in [0.15, 0.2) is 5.60 Å². The fourth-order valence-corrected chi connectivity index (χ4v) is 6.97. The van der Waals surface area contributed by atoms with Crippen LogP contribution in [-0.2, 0) is 10.3 Å². The lowest BCUT2D eigenvalue weighted by molar-refractivity contribution is 0.0224. The summed E-state index contributed by atoms with van der Waals surface area (Å²) in [5, 5.41) is 0. The van der Waals surface area contributed by atoms with E-state index in [0.29, 0.717) is 17.1 Å². The van der Waals surface area contributed by atoms with Crippen LogP contribution < -0.4 is 14.5 Å². The van der Waals surface area contributed by atoms with Crippen LogP contribution in [0.3, 0.4) is 0 Å². The number of aryl methyl sites for hydroxylation is 2. The van der Waals surface area contributed by atoms with E-state index in [1.807, 2.05) is 24.3 Å². The molecule has 0 saturated heterocycles. The van der Waals surface area contributed by atoms with Gasteiger partial charge in [-0.15, -0.1) is 0 Å². The van der Waals surface area contributed by atoms with E-state index in [1.165, 1.54) is 11.1 Å². The zero-order chi connectivity index (χ0) is 32.2. The van der Waals surface area contributed by atoms with Crippen molar-refractivity contribution >= 4 is 28.7 Å². The molecule has 7 rings (SSSR count). The van der Waals surface area contributed by atoms with E-state index in [4.69, 9.17) is 9.47 Å². The quantitative estimate of drug-likeness (QED) is 0.172. The summed E-state index contributed by atoms with van der Waals surface area (Å²) in [4.78, 5) is 18.3. The van der Waals surface area contributed by atoms with Gasteiger partial charge in [0.1, 0.15) is 11.5 Å². The minimum absolute atomic E-state index is 0.181. The second-order valence-electron chi connectivity index (χ2n) is 12.6. The van der Waals surface area contributed by atoms with Gasteiger partial charge in [-0.2, -0.15) is 0 Å². The van der Waals surface area contributed by atoms with Crippen LogP contribution in [0, 0.1) is 13.8 Å². The maximum atomic E-state index is 13.6. The van der Waals surface area contributed by atoms with Crippen LogP contribution in [0.15, 0.2) is 103 Å². The number of hydrogen-bond donors (Lipinski definition) is 0. The van der Waals surface area contributed by atoms with Gasteiger partial charge in [0, 0.05) is 52.9 Å². The maximum absolute atomic E-state index is 13.6. The summed E-state index contributed by atoms with van der Waals surface area (Å²) < 4.78 is 13.4. The topological polar surface area (TPSA) is 42.0 Å². The first-order valence-electron chi connectivity index (χ1n) is 16.3. The monoisotopic (exact) mass is 608 g/mol. The Labute approximate surface area is 272 Å². The number of carbonyl (C=O) groups is 1. The van der Waals surface area contributed by atoms with Crippen LogP contribution in [0.4, 0.5) is 22.7 Å². The molecule has 2 heterocycles. The third-order valence-electron chi connectivity index (χ3n) is 9.42. The number of nitrogens with zero attached hydrogens (tertiary/aromatic N) is 2. The average molecular weight is 609 g/mol. The van der Waals surface area contributed by atoms with Crippen molar-refractivity contribution in [3.05, 3.63) is 142 Å². The molecule has 5 aromatic rings. The second-order valence-corrected chi connectivity index (χ2v) is 12.6. The summed E-state index contributed by atoms with van der Waals surface area (Å²) in [7, 11) is 0. The predicted octanol–water partition coefficient (Wildman–Crippen LogP) is 10.3. The number of benzene rings is 5. The van der Waals surface area contributed by atoms with Gasteiger partial charge in [-0.1, -0.05) is 67.4 Å². The van der Waals surface area contributed by atoms with Crippen molar-refractivity contribution in [2.24, 2.45) is 0 Å². The summed E-state index contributed by atoms with van der Waals surface area (Å²) >= 11 is 0. The highest BCUT2D eigenvalue weighted by molar-refractivity contribution is 5.97. The van der Waals surface area contributed by atoms with Gasteiger partial charge >= 0.3 is 5.97 Å². The normalized spacial score (nSPS) is 16.0. The highest BCUT2D eigenvalue weighted by Gasteiger charge is 2.54. The largest absolute Gasteiger partial charge is 0.456 e. The minimum atomic E-state index is -1.16. The van der Waals surface area contributed by atoms with E-state index < -0.39 is 5.60 Å². The van der Waals surface area contributed by atoms with Crippen LogP contribution in [0.5, 0.6) is 11.5 Å². The Hall–Kier alpha value is -5.03. The lowest BCUT2D eigenvalue weighted by atomic mass is 9.76. The summed E-state index contributed by atoms with van der Waals surface area (Å²) in [6.07, 6.45) is 0. The number of rotatable bonds is 7. The minimum Gasteiger partial charge on any atom is -0.456 e. The number of carbonyl (C=O) groups excluding carboxylic acids is 1. The molecule has 0 fully saturated rings. The molecular weight excluding hydrogens is 568 g/mol. The molecule has 1 atom stereocenters. The van der Waals surface area contributed by atoms with E-state index in [9.17, 15) is 4.79 Å². The van der Waals surface area contributed by atoms with Crippen molar-refractivity contribution in [2.75, 3.05) is 22.9 Å². The number of fused-ring (bicyclic) bond motifs is 6.